The maximum atomic E-state index is 11.1. The van der Waals surface area contributed by atoms with Gasteiger partial charge in [-0.15, -0.1) is 0 Å². The van der Waals surface area contributed by atoms with E-state index in [2.05, 4.69) is 0 Å². The van der Waals surface area contributed by atoms with Crippen molar-refractivity contribution in [2.24, 2.45) is 0 Å². The first-order valence-electron chi connectivity index (χ1n) is 6.81. The Kier molecular flexibility index (Phi) is 3.22. The number of para-hydroxylation sites is 1. The Balaban J connectivity index is 1.68. The van der Waals surface area contributed by atoms with E-state index in [1.165, 1.54) is 6.42 Å². The lowest BCUT2D eigenvalue weighted by Crippen LogP contribution is -2.53. The van der Waals surface area contributed by atoms with E-state index in [-0.39, 0.29) is 6.10 Å². The van der Waals surface area contributed by atoms with Gasteiger partial charge in [0.2, 0.25) is 6.41 Å². The number of hydrogen-bond donors (Lipinski definition) is 0. The second kappa shape index (κ2) is 5.01. The van der Waals surface area contributed by atoms with Crippen molar-refractivity contribution in [3.8, 4) is 5.75 Å². The molecular weight excluding hydrogens is 226 g/mol. The average Bonchev–Trinajstić information content (AvgIpc) is 2.39. The number of fused-ring (bicyclic) bond motifs is 2. The molecule has 1 amide bonds. The zero-order chi connectivity index (χ0) is 12.4. The monoisotopic (exact) mass is 245 g/mol. The molecule has 3 atom stereocenters. The van der Waals surface area contributed by atoms with Crippen molar-refractivity contribution < 1.29 is 9.53 Å². The molecule has 0 N–H and O–H groups in total. The van der Waals surface area contributed by atoms with Crippen LogP contribution in [0.25, 0.3) is 0 Å². The zero-order valence-electron chi connectivity index (χ0n) is 10.5. The van der Waals surface area contributed by atoms with Crippen molar-refractivity contribution in [2.45, 2.75) is 50.3 Å². The highest BCUT2D eigenvalue weighted by Gasteiger charge is 2.38. The van der Waals surface area contributed by atoms with Crippen LogP contribution in [0.2, 0.25) is 0 Å². The summed E-state index contributed by atoms with van der Waals surface area (Å²) in [7, 11) is 0. The van der Waals surface area contributed by atoms with E-state index in [4.69, 9.17) is 4.74 Å². The fourth-order valence-corrected chi connectivity index (χ4v) is 3.33. The SMILES string of the molecule is O=CN1[C@@H]2CCC[C@H]1CC(Oc1ccccc1)C2. The largest absolute Gasteiger partial charge is 0.490 e. The smallest absolute Gasteiger partial charge is 0.210 e. The normalized spacial score (nSPS) is 30.9. The van der Waals surface area contributed by atoms with Gasteiger partial charge >= 0.3 is 0 Å². The van der Waals surface area contributed by atoms with Gasteiger partial charge in [0.1, 0.15) is 11.9 Å². The fraction of sp³-hybridized carbons (Fsp3) is 0.533. The highest BCUT2D eigenvalue weighted by molar-refractivity contribution is 5.49. The van der Waals surface area contributed by atoms with E-state index in [0.29, 0.717) is 12.1 Å². The summed E-state index contributed by atoms with van der Waals surface area (Å²) in [6.07, 6.45) is 6.76. The second-order valence-electron chi connectivity index (χ2n) is 5.32. The molecule has 0 aliphatic carbocycles. The van der Waals surface area contributed by atoms with Gasteiger partial charge < -0.3 is 9.64 Å². The van der Waals surface area contributed by atoms with Crippen LogP contribution in [-0.2, 0) is 4.79 Å². The van der Waals surface area contributed by atoms with Crippen molar-refractivity contribution >= 4 is 6.41 Å². The molecule has 2 bridgehead atoms. The summed E-state index contributed by atoms with van der Waals surface area (Å²) < 4.78 is 6.04. The molecule has 2 fully saturated rings. The minimum atomic E-state index is 0.263. The number of carbonyl (C=O) groups is 1. The van der Waals surface area contributed by atoms with Crippen molar-refractivity contribution in [2.75, 3.05) is 0 Å². The Morgan fingerprint density at radius 2 is 1.78 bits per heavy atom. The molecule has 3 nitrogen and oxygen atoms in total. The van der Waals surface area contributed by atoms with Crippen LogP contribution in [0, 0.1) is 0 Å². The molecule has 3 rings (SSSR count). The molecule has 1 aromatic carbocycles. The van der Waals surface area contributed by atoms with E-state index >= 15 is 0 Å². The maximum absolute atomic E-state index is 11.1. The molecule has 2 heterocycles. The highest BCUT2D eigenvalue weighted by Crippen LogP contribution is 2.34. The number of benzene rings is 1. The third-order valence-electron chi connectivity index (χ3n) is 4.16. The maximum Gasteiger partial charge on any atom is 0.210 e. The van der Waals surface area contributed by atoms with Crippen LogP contribution in [0.15, 0.2) is 30.3 Å². The van der Waals surface area contributed by atoms with Crippen LogP contribution < -0.4 is 4.74 Å². The molecule has 2 saturated heterocycles. The third-order valence-corrected chi connectivity index (χ3v) is 4.16. The lowest BCUT2D eigenvalue weighted by atomic mass is 9.83. The van der Waals surface area contributed by atoms with Gasteiger partial charge in [0.15, 0.2) is 0 Å². The third kappa shape index (κ3) is 2.22. The molecule has 18 heavy (non-hydrogen) atoms. The summed E-state index contributed by atoms with van der Waals surface area (Å²) in [6.45, 7) is 0. The van der Waals surface area contributed by atoms with E-state index < -0.39 is 0 Å². The van der Waals surface area contributed by atoms with Crippen molar-refractivity contribution in [3.63, 3.8) is 0 Å². The van der Waals surface area contributed by atoms with Crippen LogP contribution >= 0.6 is 0 Å². The van der Waals surface area contributed by atoms with Gasteiger partial charge in [-0.3, -0.25) is 4.79 Å². The van der Waals surface area contributed by atoms with Crippen LogP contribution in [-0.4, -0.2) is 29.5 Å². The van der Waals surface area contributed by atoms with Crippen molar-refractivity contribution in [1.29, 1.82) is 0 Å². The number of rotatable bonds is 3. The summed E-state index contributed by atoms with van der Waals surface area (Å²) in [5, 5.41) is 0. The molecule has 0 radical (unpaired) electrons. The Morgan fingerprint density at radius 1 is 1.11 bits per heavy atom. The Labute approximate surface area is 108 Å². The van der Waals surface area contributed by atoms with Crippen molar-refractivity contribution in [3.05, 3.63) is 30.3 Å². The molecule has 0 saturated carbocycles. The zero-order valence-corrected chi connectivity index (χ0v) is 10.5. The first-order chi connectivity index (χ1) is 8.86. The van der Waals surface area contributed by atoms with E-state index in [0.717, 1.165) is 37.8 Å². The van der Waals surface area contributed by atoms with E-state index in [1.807, 2.05) is 35.2 Å². The van der Waals surface area contributed by atoms with Crippen molar-refractivity contribution in [1.82, 2.24) is 4.90 Å². The first kappa shape index (κ1) is 11.6. The molecule has 2 aliphatic rings. The molecule has 96 valence electrons. The van der Waals surface area contributed by atoms with E-state index in [9.17, 15) is 4.79 Å². The van der Waals surface area contributed by atoms with Gasteiger partial charge in [-0.05, 0) is 31.4 Å². The van der Waals surface area contributed by atoms with Gasteiger partial charge in [-0.2, -0.15) is 0 Å². The number of piperidine rings is 2. The number of carbonyl (C=O) groups excluding carboxylic acids is 1. The van der Waals surface area contributed by atoms with Crippen LogP contribution in [0.5, 0.6) is 5.75 Å². The first-order valence-corrected chi connectivity index (χ1v) is 6.81. The van der Waals surface area contributed by atoms with Crippen LogP contribution in [0.4, 0.5) is 0 Å². The minimum absolute atomic E-state index is 0.263. The van der Waals surface area contributed by atoms with E-state index in [1.54, 1.807) is 0 Å². The Bertz CT molecular complexity index is 392. The lowest BCUT2D eigenvalue weighted by molar-refractivity contribution is -0.129. The molecular formula is C15H19NO2. The topological polar surface area (TPSA) is 29.5 Å². The van der Waals surface area contributed by atoms with Crippen LogP contribution in [0.3, 0.4) is 0 Å². The molecule has 3 heteroatoms. The van der Waals surface area contributed by atoms with Crippen LogP contribution in [0.1, 0.15) is 32.1 Å². The van der Waals surface area contributed by atoms with Gasteiger partial charge in [-0.1, -0.05) is 18.2 Å². The van der Waals surface area contributed by atoms with Gasteiger partial charge in [0, 0.05) is 24.9 Å². The highest BCUT2D eigenvalue weighted by atomic mass is 16.5. The van der Waals surface area contributed by atoms with Gasteiger partial charge in [0.25, 0.3) is 0 Å². The molecule has 0 spiro atoms. The molecule has 0 aromatic heterocycles. The number of nitrogens with zero attached hydrogens (tertiary/aromatic N) is 1. The summed E-state index contributed by atoms with van der Waals surface area (Å²) in [5.74, 6) is 0.945. The molecule has 1 aromatic rings. The summed E-state index contributed by atoms with van der Waals surface area (Å²) in [6, 6.07) is 10.8. The second-order valence-corrected chi connectivity index (χ2v) is 5.32. The minimum Gasteiger partial charge on any atom is -0.490 e. The summed E-state index contributed by atoms with van der Waals surface area (Å²) >= 11 is 0. The predicted molar refractivity (Wildman–Crippen MR) is 69.4 cm³/mol. The Hall–Kier alpha value is -1.51. The predicted octanol–water partition coefficient (Wildman–Crippen LogP) is 2.61. The number of hydrogen-bond acceptors (Lipinski definition) is 2. The standard InChI is InChI=1S/C15H19NO2/c17-11-16-12-5-4-6-13(16)10-15(9-12)18-14-7-2-1-3-8-14/h1-3,7-8,11-13,15H,4-6,9-10H2/t12-,13+,15?. The number of amides is 1. The molecule has 2 aliphatic heterocycles. The molecule has 1 unspecified atom stereocenters. The average molecular weight is 245 g/mol. The lowest BCUT2D eigenvalue weighted by Gasteiger charge is -2.46. The Morgan fingerprint density at radius 3 is 2.39 bits per heavy atom. The van der Waals surface area contributed by atoms with Gasteiger partial charge in [0.05, 0.1) is 0 Å². The van der Waals surface area contributed by atoms with Gasteiger partial charge in [-0.25, -0.2) is 0 Å². The summed E-state index contributed by atoms with van der Waals surface area (Å²) in [5.41, 5.74) is 0. The summed E-state index contributed by atoms with van der Waals surface area (Å²) in [4.78, 5) is 13.1. The quantitative estimate of drug-likeness (QED) is 0.766. The number of ether oxygens (including phenoxy) is 1. The fourth-order valence-electron chi connectivity index (χ4n) is 3.33.